The molecule has 1 aliphatic carbocycles. The highest BCUT2D eigenvalue weighted by Gasteiger charge is 2.49. The zero-order chi connectivity index (χ0) is 10.2. The second kappa shape index (κ2) is 3.36. The Morgan fingerprint density at radius 3 is 2.57 bits per heavy atom. The number of amides is 1. The monoisotopic (exact) mass is 216 g/mol. The number of hydrogen-bond acceptors (Lipinski definition) is 3. The summed E-state index contributed by atoms with van der Waals surface area (Å²) in [6, 6.07) is 0.304. The van der Waals surface area contributed by atoms with Gasteiger partial charge in [-0.2, -0.15) is 0 Å². The second-order valence-corrected chi connectivity index (χ2v) is 4.41. The van der Waals surface area contributed by atoms with Gasteiger partial charge in [0.05, 0.1) is 13.2 Å². The quantitative estimate of drug-likeness (QED) is 0.550. The van der Waals surface area contributed by atoms with Gasteiger partial charge in [0.25, 0.3) is 0 Å². The maximum Gasteiger partial charge on any atom is 0.410 e. The van der Waals surface area contributed by atoms with Gasteiger partial charge >= 0.3 is 6.09 Å². The first-order valence-electron chi connectivity index (χ1n) is 4.48. The highest BCUT2D eigenvalue weighted by Crippen LogP contribution is 2.46. The first kappa shape index (κ1) is 9.67. The third-order valence-electron chi connectivity index (χ3n) is 2.73. The minimum absolute atomic E-state index is 0.192. The van der Waals surface area contributed by atoms with Crippen LogP contribution in [0, 0.1) is 5.41 Å². The van der Waals surface area contributed by atoms with Crippen LogP contribution in [-0.2, 0) is 4.74 Å². The average molecular weight is 216 g/mol. The largest absolute Gasteiger partial charge is 0.465 e. The van der Waals surface area contributed by atoms with Crippen molar-refractivity contribution in [3.63, 3.8) is 0 Å². The Hall–Kier alpha value is -0.880. The number of thiocarbonyl (C=S) groups is 1. The first-order valence-corrected chi connectivity index (χ1v) is 4.89. The van der Waals surface area contributed by atoms with Crippen LogP contribution in [0.25, 0.3) is 0 Å². The Morgan fingerprint density at radius 2 is 2.14 bits per heavy atom. The summed E-state index contributed by atoms with van der Waals surface area (Å²) in [4.78, 5) is 10.2. The summed E-state index contributed by atoms with van der Waals surface area (Å²) < 4.78 is 5.13. The SMILES string of the molecule is O=C(O)NC(=S)NC1CC2(COC2)C1. The Bertz CT molecular complexity index is 270. The molecule has 0 unspecified atom stereocenters. The van der Waals surface area contributed by atoms with Crippen LogP contribution in [0.4, 0.5) is 4.79 Å². The van der Waals surface area contributed by atoms with Crippen molar-refractivity contribution in [2.75, 3.05) is 13.2 Å². The van der Waals surface area contributed by atoms with Crippen molar-refractivity contribution in [2.24, 2.45) is 5.41 Å². The number of hydrogen-bond donors (Lipinski definition) is 3. The van der Waals surface area contributed by atoms with E-state index < -0.39 is 6.09 Å². The lowest BCUT2D eigenvalue weighted by atomic mass is 9.64. The predicted molar refractivity (Wildman–Crippen MR) is 53.2 cm³/mol. The molecule has 6 heteroatoms. The zero-order valence-corrected chi connectivity index (χ0v) is 8.39. The van der Waals surface area contributed by atoms with Crippen LogP contribution < -0.4 is 10.6 Å². The summed E-state index contributed by atoms with van der Waals surface area (Å²) in [5, 5.41) is 13.6. The van der Waals surface area contributed by atoms with Crippen molar-refractivity contribution >= 4 is 23.4 Å². The topological polar surface area (TPSA) is 70.6 Å². The van der Waals surface area contributed by atoms with Gasteiger partial charge in [-0.25, -0.2) is 4.79 Å². The Kier molecular flexibility index (Phi) is 2.32. The molecule has 14 heavy (non-hydrogen) atoms. The van der Waals surface area contributed by atoms with Gasteiger partial charge < -0.3 is 15.2 Å². The molecule has 0 radical (unpaired) electrons. The van der Waals surface area contributed by atoms with E-state index in [-0.39, 0.29) is 5.11 Å². The van der Waals surface area contributed by atoms with Gasteiger partial charge in [-0.1, -0.05) is 0 Å². The van der Waals surface area contributed by atoms with Gasteiger partial charge in [-0.05, 0) is 25.1 Å². The maximum absolute atomic E-state index is 10.2. The molecule has 0 aromatic rings. The van der Waals surface area contributed by atoms with E-state index in [0.29, 0.717) is 11.5 Å². The average Bonchev–Trinajstić information content (AvgIpc) is 1.89. The van der Waals surface area contributed by atoms with Crippen molar-refractivity contribution in [1.29, 1.82) is 0 Å². The molecule has 78 valence electrons. The van der Waals surface area contributed by atoms with Crippen molar-refractivity contribution < 1.29 is 14.6 Å². The molecule has 0 bridgehead atoms. The van der Waals surface area contributed by atoms with Gasteiger partial charge in [-0.3, -0.25) is 5.32 Å². The third kappa shape index (κ3) is 1.80. The Balaban J connectivity index is 1.68. The van der Waals surface area contributed by atoms with Crippen molar-refractivity contribution in [2.45, 2.75) is 18.9 Å². The van der Waals surface area contributed by atoms with E-state index in [0.717, 1.165) is 26.1 Å². The van der Waals surface area contributed by atoms with Crippen LogP contribution in [-0.4, -0.2) is 35.6 Å². The molecule has 1 saturated heterocycles. The van der Waals surface area contributed by atoms with Gasteiger partial charge in [0, 0.05) is 11.5 Å². The number of nitrogens with one attached hydrogen (secondary N) is 2. The molecule has 5 nitrogen and oxygen atoms in total. The highest BCUT2D eigenvalue weighted by molar-refractivity contribution is 7.80. The van der Waals surface area contributed by atoms with Crippen molar-refractivity contribution in [3.8, 4) is 0 Å². The molecule has 0 atom stereocenters. The molecule has 2 aliphatic rings. The van der Waals surface area contributed by atoms with Crippen molar-refractivity contribution in [1.82, 2.24) is 10.6 Å². The summed E-state index contributed by atoms with van der Waals surface area (Å²) in [7, 11) is 0. The lowest BCUT2D eigenvalue weighted by Gasteiger charge is -2.53. The Labute approximate surface area is 86.8 Å². The fourth-order valence-electron chi connectivity index (χ4n) is 2.03. The van der Waals surface area contributed by atoms with Gasteiger partial charge in [-0.15, -0.1) is 0 Å². The predicted octanol–water partition coefficient (Wildman–Crippen LogP) is 0.307. The molecule has 2 fully saturated rings. The van der Waals surface area contributed by atoms with E-state index in [2.05, 4.69) is 10.6 Å². The molecular formula is C8H12N2O3S. The molecule has 0 aromatic heterocycles. The summed E-state index contributed by atoms with van der Waals surface area (Å²) in [5.41, 5.74) is 0.372. The van der Waals surface area contributed by atoms with Gasteiger partial charge in [0.1, 0.15) is 0 Å². The van der Waals surface area contributed by atoms with Crippen LogP contribution in [0.15, 0.2) is 0 Å². The molecule has 1 aliphatic heterocycles. The molecule has 1 spiro atoms. The fraction of sp³-hybridized carbons (Fsp3) is 0.750. The summed E-state index contributed by atoms with van der Waals surface area (Å²) in [5.74, 6) is 0. The van der Waals surface area contributed by atoms with Crippen LogP contribution >= 0.6 is 12.2 Å². The third-order valence-corrected chi connectivity index (χ3v) is 2.95. The van der Waals surface area contributed by atoms with E-state index in [4.69, 9.17) is 22.1 Å². The van der Waals surface area contributed by atoms with E-state index in [1.807, 2.05) is 0 Å². The molecular weight excluding hydrogens is 204 g/mol. The Morgan fingerprint density at radius 1 is 1.50 bits per heavy atom. The smallest absolute Gasteiger partial charge is 0.410 e. The highest BCUT2D eigenvalue weighted by atomic mass is 32.1. The molecule has 3 N–H and O–H groups in total. The second-order valence-electron chi connectivity index (χ2n) is 4.00. The van der Waals surface area contributed by atoms with Crippen LogP contribution in [0.1, 0.15) is 12.8 Å². The maximum atomic E-state index is 10.2. The minimum atomic E-state index is -1.12. The van der Waals surface area contributed by atoms with Gasteiger partial charge in [0.2, 0.25) is 0 Å². The number of carboxylic acid groups (broad SMARTS) is 1. The summed E-state index contributed by atoms with van der Waals surface area (Å²) >= 11 is 4.80. The lowest BCUT2D eigenvalue weighted by molar-refractivity contribution is -0.165. The minimum Gasteiger partial charge on any atom is -0.465 e. The fourth-order valence-corrected chi connectivity index (χ4v) is 2.29. The molecule has 0 aromatic carbocycles. The normalized spacial score (nSPS) is 23.4. The lowest BCUT2D eigenvalue weighted by Crippen LogP contribution is -2.60. The van der Waals surface area contributed by atoms with Gasteiger partial charge in [0.15, 0.2) is 5.11 Å². The molecule has 1 saturated carbocycles. The number of ether oxygens (including phenoxy) is 1. The number of carbonyl (C=O) groups is 1. The van der Waals surface area contributed by atoms with Crippen LogP contribution in [0.2, 0.25) is 0 Å². The van der Waals surface area contributed by atoms with E-state index in [9.17, 15) is 4.79 Å². The zero-order valence-electron chi connectivity index (χ0n) is 7.58. The number of rotatable bonds is 1. The summed E-state index contributed by atoms with van der Waals surface area (Å²) in [6.45, 7) is 1.68. The molecule has 1 amide bonds. The molecule has 1 heterocycles. The van der Waals surface area contributed by atoms with E-state index in [1.165, 1.54) is 0 Å². The van der Waals surface area contributed by atoms with E-state index >= 15 is 0 Å². The standard InChI is InChI=1S/C8H12N2O3S/c11-7(12)10-6(14)9-5-1-8(2-5)3-13-4-8/h5H,1-4H2,(H,11,12)(H2,9,10,14). The van der Waals surface area contributed by atoms with Crippen LogP contribution in [0.3, 0.4) is 0 Å². The van der Waals surface area contributed by atoms with E-state index in [1.54, 1.807) is 0 Å². The van der Waals surface area contributed by atoms with Crippen molar-refractivity contribution in [3.05, 3.63) is 0 Å². The van der Waals surface area contributed by atoms with Crippen LogP contribution in [0.5, 0.6) is 0 Å². The first-order chi connectivity index (χ1) is 6.60. The summed E-state index contributed by atoms with van der Waals surface area (Å²) in [6.07, 6.45) is 0.923. The molecule has 2 rings (SSSR count).